The molecule has 0 heterocycles. The van der Waals surface area contributed by atoms with E-state index < -0.39 is 0 Å². The molecule has 2 aliphatic rings. The fraction of sp³-hybridized carbons (Fsp3) is 0.412. The van der Waals surface area contributed by atoms with Crippen molar-refractivity contribution in [1.29, 1.82) is 0 Å². The molecule has 0 saturated carbocycles. The Bertz CT molecular complexity index is 401. The summed E-state index contributed by atoms with van der Waals surface area (Å²) in [4.78, 5) is 0. The maximum absolute atomic E-state index is 3.44. The first-order valence-corrected chi connectivity index (χ1v) is 6.13. The van der Waals surface area contributed by atoms with Crippen LogP contribution in [0.5, 0.6) is 0 Å². The summed E-state index contributed by atoms with van der Waals surface area (Å²) in [5.74, 6) is 0. The summed E-state index contributed by atoms with van der Waals surface area (Å²) in [6.07, 6.45) is 17.4. The molecule has 0 atom stereocenters. The monoisotopic (exact) mass is 277 g/mol. The van der Waals surface area contributed by atoms with Crippen molar-refractivity contribution in [3.63, 3.8) is 0 Å². The largest absolute Gasteiger partial charge is 2.00 e. The molecule has 0 aromatic heterocycles. The molecule has 0 spiro atoms. The summed E-state index contributed by atoms with van der Waals surface area (Å²) in [6.45, 7) is 10.9. The molecule has 0 saturated heterocycles. The van der Waals surface area contributed by atoms with Crippen molar-refractivity contribution in [1.82, 2.24) is 0 Å². The molecule has 0 aromatic carbocycles. The van der Waals surface area contributed by atoms with Gasteiger partial charge in [0.2, 0.25) is 0 Å². The van der Waals surface area contributed by atoms with Crippen molar-refractivity contribution in [3.05, 3.63) is 59.3 Å². The average Bonchev–Trinajstić information content (AvgIpc) is 2.57. The standard InChI is InChI=1S/C10H15.C7H7.V/c1-7-6-10(4,5)9(3)8(7)2;1-2-4-6-7-5-3-1;/h1-5H3;1-5H,6H2;/q2*-1;+2. The number of hydrogen-bond acceptors (Lipinski definition) is 0. The van der Waals surface area contributed by atoms with Crippen molar-refractivity contribution >= 4 is 0 Å². The smallest absolute Gasteiger partial charge is 0.271 e. The zero-order valence-corrected chi connectivity index (χ0v) is 13.4. The van der Waals surface area contributed by atoms with E-state index in [1.54, 1.807) is 0 Å². The maximum Gasteiger partial charge on any atom is 2.00 e. The second kappa shape index (κ2) is 7.66. The van der Waals surface area contributed by atoms with Crippen LogP contribution in [0, 0.1) is 17.6 Å². The van der Waals surface area contributed by atoms with E-state index in [1.165, 1.54) is 16.7 Å². The number of hydrogen-bond donors (Lipinski definition) is 0. The summed E-state index contributed by atoms with van der Waals surface area (Å²) in [7, 11) is 0. The third-order valence-electron chi connectivity index (χ3n) is 3.37. The van der Waals surface area contributed by atoms with Crippen LogP contribution >= 0.6 is 0 Å². The van der Waals surface area contributed by atoms with E-state index in [4.69, 9.17) is 0 Å². The molecule has 0 unspecified atom stereocenters. The fourth-order valence-corrected chi connectivity index (χ4v) is 1.88. The second-order valence-electron chi connectivity index (χ2n) is 5.01. The van der Waals surface area contributed by atoms with E-state index in [9.17, 15) is 0 Å². The normalized spacial score (nSPS) is 19.7. The summed E-state index contributed by atoms with van der Waals surface area (Å²) in [5.41, 5.74) is 4.39. The predicted octanol–water partition coefficient (Wildman–Crippen LogP) is 4.97. The van der Waals surface area contributed by atoms with E-state index in [2.05, 4.69) is 52.8 Å². The van der Waals surface area contributed by atoms with Crippen molar-refractivity contribution < 1.29 is 18.6 Å². The molecular formula is C17H22V. The van der Waals surface area contributed by atoms with Gasteiger partial charge in [-0.2, -0.15) is 11.1 Å². The Labute approximate surface area is 124 Å². The van der Waals surface area contributed by atoms with Crippen LogP contribution in [0.2, 0.25) is 0 Å². The van der Waals surface area contributed by atoms with Gasteiger partial charge in [0.25, 0.3) is 0 Å². The van der Waals surface area contributed by atoms with Crippen molar-refractivity contribution in [2.24, 2.45) is 5.41 Å². The SMILES string of the molecule is CC1=[C-]C(C)(C)C(C)=C1C.[C-]1=CC=CC=CC1.[V+2]. The summed E-state index contributed by atoms with van der Waals surface area (Å²) in [5, 5.41) is 0. The van der Waals surface area contributed by atoms with Crippen LogP contribution in [0.1, 0.15) is 41.0 Å². The summed E-state index contributed by atoms with van der Waals surface area (Å²) in [6, 6.07) is 0. The number of rotatable bonds is 0. The van der Waals surface area contributed by atoms with E-state index in [0.717, 1.165) is 6.42 Å². The Morgan fingerprint density at radius 1 is 1.06 bits per heavy atom. The first-order chi connectivity index (χ1) is 7.95. The van der Waals surface area contributed by atoms with Gasteiger partial charge in [-0.15, -0.1) is 13.0 Å². The van der Waals surface area contributed by atoms with E-state index in [0.29, 0.717) is 0 Å². The van der Waals surface area contributed by atoms with Gasteiger partial charge in [0.15, 0.2) is 0 Å². The molecule has 0 nitrogen and oxygen atoms in total. The molecule has 0 fully saturated rings. The molecule has 1 radical (unpaired) electrons. The molecule has 0 N–H and O–H groups in total. The van der Waals surface area contributed by atoms with Crippen LogP contribution in [-0.2, 0) is 18.6 Å². The first-order valence-electron chi connectivity index (χ1n) is 6.13. The topological polar surface area (TPSA) is 0 Å². The Morgan fingerprint density at radius 3 is 2.17 bits per heavy atom. The van der Waals surface area contributed by atoms with Gasteiger partial charge in [0.05, 0.1) is 0 Å². The fourth-order valence-electron chi connectivity index (χ4n) is 1.88. The molecule has 18 heavy (non-hydrogen) atoms. The zero-order chi connectivity index (χ0) is 12.9. The van der Waals surface area contributed by atoms with Gasteiger partial charge in [0.1, 0.15) is 0 Å². The van der Waals surface area contributed by atoms with Crippen molar-refractivity contribution in [2.75, 3.05) is 0 Å². The summed E-state index contributed by atoms with van der Waals surface area (Å²) >= 11 is 0. The first kappa shape index (κ1) is 17.3. The van der Waals surface area contributed by atoms with Gasteiger partial charge in [-0.1, -0.05) is 51.7 Å². The Kier molecular flexibility index (Phi) is 7.36. The van der Waals surface area contributed by atoms with Crippen LogP contribution in [0.25, 0.3) is 0 Å². The minimum atomic E-state index is 0. The molecule has 0 aliphatic heterocycles. The molecule has 0 bridgehead atoms. The summed E-state index contributed by atoms with van der Waals surface area (Å²) < 4.78 is 0. The third kappa shape index (κ3) is 4.88. The van der Waals surface area contributed by atoms with Gasteiger partial charge in [-0.05, 0) is 0 Å². The minimum absolute atomic E-state index is 0. The Morgan fingerprint density at radius 2 is 1.72 bits per heavy atom. The van der Waals surface area contributed by atoms with E-state index in [-0.39, 0.29) is 24.0 Å². The van der Waals surface area contributed by atoms with Crippen molar-refractivity contribution in [3.8, 4) is 0 Å². The maximum atomic E-state index is 3.44. The zero-order valence-electron chi connectivity index (χ0n) is 12.0. The van der Waals surface area contributed by atoms with Gasteiger partial charge in [0, 0.05) is 0 Å². The van der Waals surface area contributed by atoms with Crippen LogP contribution in [0.4, 0.5) is 0 Å². The molecule has 1 heteroatoms. The molecular weight excluding hydrogens is 255 g/mol. The van der Waals surface area contributed by atoms with E-state index in [1.807, 2.05) is 24.3 Å². The predicted molar refractivity (Wildman–Crippen MR) is 75.3 cm³/mol. The molecule has 2 rings (SSSR count). The second-order valence-corrected chi connectivity index (χ2v) is 5.01. The van der Waals surface area contributed by atoms with Gasteiger partial charge >= 0.3 is 18.6 Å². The molecule has 0 aromatic rings. The molecule has 95 valence electrons. The minimum Gasteiger partial charge on any atom is -0.271 e. The quantitative estimate of drug-likeness (QED) is 0.548. The van der Waals surface area contributed by atoms with Gasteiger partial charge in [-0.25, -0.2) is 17.7 Å². The third-order valence-corrected chi connectivity index (χ3v) is 3.37. The Hall–Kier alpha value is -0.716. The van der Waals surface area contributed by atoms with Gasteiger partial charge < -0.3 is 0 Å². The van der Waals surface area contributed by atoms with Crippen LogP contribution in [0.3, 0.4) is 0 Å². The Balaban J connectivity index is 0.000000321. The van der Waals surface area contributed by atoms with Crippen LogP contribution < -0.4 is 0 Å². The average molecular weight is 277 g/mol. The van der Waals surface area contributed by atoms with Gasteiger partial charge in [-0.3, -0.25) is 12.2 Å². The number of allylic oxidation sites excluding steroid dienone is 10. The van der Waals surface area contributed by atoms with E-state index >= 15 is 0 Å². The van der Waals surface area contributed by atoms with Crippen LogP contribution in [-0.4, -0.2) is 0 Å². The molecule has 0 amide bonds. The van der Waals surface area contributed by atoms with Crippen molar-refractivity contribution in [2.45, 2.75) is 41.0 Å². The van der Waals surface area contributed by atoms with Crippen LogP contribution in [0.15, 0.2) is 47.1 Å². The molecule has 2 aliphatic carbocycles.